The minimum atomic E-state index is -0.0230. The number of carbonyl (C=O) groups excluding carboxylic acids is 1. The highest BCUT2D eigenvalue weighted by Gasteiger charge is 2.60. The quantitative estimate of drug-likeness (QED) is 0.553. The minimum absolute atomic E-state index is 0.0230. The van der Waals surface area contributed by atoms with Gasteiger partial charge in [-0.2, -0.15) is 0 Å². The second kappa shape index (κ2) is 4.15. The van der Waals surface area contributed by atoms with E-state index in [1.165, 1.54) is 5.57 Å². The van der Waals surface area contributed by atoms with Gasteiger partial charge in [0.15, 0.2) is 0 Å². The van der Waals surface area contributed by atoms with Crippen LogP contribution < -0.4 is 0 Å². The molecule has 0 saturated heterocycles. The molecule has 0 amide bonds. The average Bonchev–Trinajstić information content (AvgIpc) is 2.14. The molecule has 0 radical (unpaired) electrons. The third-order valence-electron chi connectivity index (χ3n) is 4.51. The molecule has 3 atom stereocenters. The molecule has 2 bridgehead atoms. The fourth-order valence-electron chi connectivity index (χ4n) is 3.60. The fraction of sp³-hybridized carbons (Fsp3) is 0.800. The summed E-state index contributed by atoms with van der Waals surface area (Å²) < 4.78 is 5.69. The van der Waals surface area contributed by atoms with Crippen LogP contribution in [0.2, 0.25) is 0 Å². The van der Waals surface area contributed by atoms with Gasteiger partial charge in [0.25, 0.3) is 0 Å². The number of allylic oxidation sites excluding steroid dienone is 1. The van der Waals surface area contributed by atoms with Crippen LogP contribution in [0.25, 0.3) is 0 Å². The van der Waals surface area contributed by atoms with E-state index in [2.05, 4.69) is 40.7 Å². The molecule has 1 fully saturated rings. The highest BCUT2D eigenvalue weighted by Crippen LogP contribution is 2.60. The number of rotatable bonds is 3. The maximum Gasteiger partial charge on any atom is 0.306 e. The molecule has 0 aromatic rings. The lowest BCUT2D eigenvalue weighted by atomic mass is 9.47. The first-order valence-corrected chi connectivity index (χ1v) is 6.70. The molecule has 0 unspecified atom stereocenters. The molecular weight excluding hydrogens is 212 g/mol. The molecule has 0 aromatic carbocycles. The molecule has 17 heavy (non-hydrogen) atoms. The molecule has 0 N–H and O–H groups in total. The monoisotopic (exact) mass is 236 g/mol. The summed E-state index contributed by atoms with van der Waals surface area (Å²) in [6, 6.07) is 0. The Bertz CT molecular complexity index is 352. The maximum atomic E-state index is 11.8. The summed E-state index contributed by atoms with van der Waals surface area (Å²) in [5, 5.41) is 0. The second-order valence-corrected chi connectivity index (χ2v) is 6.64. The van der Waals surface area contributed by atoms with Gasteiger partial charge in [0.2, 0.25) is 0 Å². The third-order valence-corrected chi connectivity index (χ3v) is 4.51. The van der Waals surface area contributed by atoms with Crippen LogP contribution in [0.1, 0.15) is 47.5 Å². The van der Waals surface area contributed by atoms with Gasteiger partial charge in [-0.05, 0) is 24.7 Å². The van der Waals surface area contributed by atoms with Crippen LogP contribution in [0, 0.1) is 23.2 Å². The first kappa shape index (κ1) is 12.7. The first-order chi connectivity index (χ1) is 7.84. The Kier molecular flexibility index (Phi) is 3.09. The van der Waals surface area contributed by atoms with E-state index in [1.807, 2.05) is 0 Å². The van der Waals surface area contributed by atoms with Crippen molar-refractivity contribution in [2.75, 3.05) is 0 Å². The van der Waals surface area contributed by atoms with Crippen molar-refractivity contribution in [3.63, 3.8) is 0 Å². The predicted molar refractivity (Wildman–Crippen MR) is 68.5 cm³/mol. The van der Waals surface area contributed by atoms with Gasteiger partial charge in [-0.15, -0.1) is 0 Å². The van der Waals surface area contributed by atoms with E-state index < -0.39 is 0 Å². The molecule has 3 aliphatic carbocycles. The Morgan fingerprint density at radius 3 is 2.65 bits per heavy atom. The van der Waals surface area contributed by atoms with Gasteiger partial charge in [-0.1, -0.05) is 39.3 Å². The van der Waals surface area contributed by atoms with Gasteiger partial charge in [0, 0.05) is 18.3 Å². The zero-order valence-corrected chi connectivity index (χ0v) is 11.6. The van der Waals surface area contributed by atoms with Crippen molar-refractivity contribution >= 4 is 5.97 Å². The fourth-order valence-corrected chi connectivity index (χ4v) is 3.60. The SMILES string of the molecule is CC1=CC[C@H]2[C@@H](OC(=O)CC(C)C)[C@@H]1C2(C)C. The lowest BCUT2D eigenvalue weighted by Crippen LogP contribution is -2.61. The molecule has 3 rings (SSSR count). The van der Waals surface area contributed by atoms with Crippen LogP contribution in [0.15, 0.2) is 11.6 Å². The molecule has 2 nitrogen and oxygen atoms in total. The van der Waals surface area contributed by atoms with Crippen LogP contribution in [0.3, 0.4) is 0 Å². The van der Waals surface area contributed by atoms with Crippen LogP contribution in [0.5, 0.6) is 0 Å². The number of esters is 1. The average molecular weight is 236 g/mol. The van der Waals surface area contributed by atoms with Crippen LogP contribution >= 0.6 is 0 Å². The van der Waals surface area contributed by atoms with Crippen molar-refractivity contribution in [1.29, 1.82) is 0 Å². The maximum absolute atomic E-state index is 11.8. The third kappa shape index (κ3) is 2.02. The van der Waals surface area contributed by atoms with Gasteiger partial charge in [-0.3, -0.25) is 4.79 Å². The lowest BCUT2D eigenvalue weighted by Gasteiger charge is -2.60. The largest absolute Gasteiger partial charge is 0.461 e. The molecule has 0 aromatic heterocycles. The molecule has 96 valence electrons. The standard InChI is InChI=1S/C15H24O2/c1-9(2)8-12(16)17-14-11-7-6-10(3)13(14)15(11,4)5/h6,9,11,13-14H,7-8H2,1-5H3/t11-,13+,14+/m0/s1. The number of fused-ring (bicyclic) bond motifs is 1. The van der Waals surface area contributed by atoms with Gasteiger partial charge >= 0.3 is 5.97 Å². The molecular formula is C15H24O2. The Hall–Kier alpha value is -0.790. The molecule has 0 heterocycles. The number of hydrogen-bond acceptors (Lipinski definition) is 2. The molecule has 1 saturated carbocycles. The smallest absolute Gasteiger partial charge is 0.306 e. The Morgan fingerprint density at radius 2 is 2.18 bits per heavy atom. The summed E-state index contributed by atoms with van der Waals surface area (Å²) in [7, 11) is 0. The Morgan fingerprint density at radius 1 is 1.53 bits per heavy atom. The van der Waals surface area contributed by atoms with E-state index in [1.54, 1.807) is 0 Å². The summed E-state index contributed by atoms with van der Waals surface area (Å²) in [5.41, 5.74) is 1.71. The number of ether oxygens (including phenoxy) is 1. The molecule has 0 spiro atoms. The van der Waals surface area contributed by atoms with Crippen LogP contribution in [-0.2, 0) is 9.53 Å². The van der Waals surface area contributed by atoms with E-state index in [4.69, 9.17) is 4.74 Å². The zero-order valence-electron chi connectivity index (χ0n) is 11.6. The van der Waals surface area contributed by atoms with Crippen molar-refractivity contribution in [3.8, 4) is 0 Å². The van der Waals surface area contributed by atoms with E-state index in [0.29, 0.717) is 29.6 Å². The summed E-state index contributed by atoms with van der Waals surface area (Å²) in [4.78, 5) is 11.8. The van der Waals surface area contributed by atoms with Crippen molar-refractivity contribution in [2.24, 2.45) is 23.2 Å². The van der Waals surface area contributed by atoms with Crippen molar-refractivity contribution < 1.29 is 9.53 Å². The van der Waals surface area contributed by atoms with Crippen molar-refractivity contribution in [1.82, 2.24) is 0 Å². The van der Waals surface area contributed by atoms with Crippen molar-refractivity contribution in [2.45, 2.75) is 53.6 Å². The highest BCUT2D eigenvalue weighted by atomic mass is 16.5. The van der Waals surface area contributed by atoms with Crippen molar-refractivity contribution in [3.05, 3.63) is 11.6 Å². The first-order valence-electron chi connectivity index (χ1n) is 6.70. The summed E-state index contributed by atoms with van der Waals surface area (Å²) in [5.74, 6) is 1.32. The summed E-state index contributed by atoms with van der Waals surface area (Å²) in [6.07, 6.45) is 4.06. The summed E-state index contributed by atoms with van der Waals surface area (Å²) in [6.45, 7) is 10.9. The van der Waals surface area contributed by atoms with E-state index >= 15 is 0 Å². The lowest BCUT2D eigenvalue weighted by molar-refractivity contribution is -0.192. The van der Waals surface area contributed by atoms with E-state index in [-0.39, 0.29) is 12.1 Å². The van der Waals surface area contributed by atoms with E-state index in [0.717, 1.165) is 6.42 Å². The Balaban J connectivity index is 2.02. The van der Waals surface area contributed by atoms with E-state index in [9.17, 15) is 4.79 Å². The Labute approximate surface area is 104 Å². The molecule has 2 heteroatoms. The van der Waals surface area contributed by atoms with Gasteiger partial charge in [0.05, 0.1) is 0 Å². The van der Waals surface area contributed by atoms with Crippen LogP contribution in [-0.4, -0.2) is 12.1 Å². The van der Waals surface area contributed by atoms with Crippen LogP contribution in [0.4, 0.5) is 0 Å². The van der Waals surface area contributed by atoms with Gasteiger partial charge < -0.3 is 4.74 Å². The van der Waals surface area contributed by atoms with Gasteiger partial charge in [-0.25, -0.2) is 0 Å². The van der Waals surface area contributed by atoms with Gasteiger partial charge in [0.1, 0.15) is 6.10 Å². The normalized spacial score (nSPS) is 34.0. The number of hydrogen-bond donors (Lipinski definition) is 0. The zero-order chi connectivity index (χ0) is 12.8. The minimum Gasteiger partial charge on any atom is -0.461 e. The molecule has 3 aliphatic rings. The topological polar surface area (TPSA) is 26.3 Å². The number of carbonyl (C=O) groups is 1. The molecule has 0 aliphatic heterocycles. The summed E-state index contributed by atoms with van der Waals surface area (Å²) >= 11 is 0. The second-order valence-electron chi connectivity index (χ2n) is 6.64. The highest BCUT2D eigenvalue weighted by molar-refractivity contribution is 5.70. The predicted octanol–water partition coefficient (Wildman–Crippen LogP) is 3.57.